The van der Waals surface area contributed by atoms with Crippen LogP contribution >= 0.6 is 23.2 Å². The summed E-state index contributed by atoms with van der Waals surface area (Å²) in [6.45, 7) is -0.00766. The molecule has 1 aliphatic carbocycles. The van der Waals surface area contributed by atoms with Crippen LogP contribution in [0.3, 0.4) is 0 Å². The van der Waals surface area contributed by atoms with Crippen molar-refractivity contribution >= 4 is 43.2 Å². The third kappa shape index (κ3) is 4.59. The van der Waals surface area contributed by atoms with E-state index in [9.17, 15) is 16.8 Å². The molecule has 5 rings (SSSR count). The van der Waals surface area contributed by atoms with Gasteiger partial charge in [-0.25, -0.2) is 8.42 Å². The lowest BCUT2D eigenvalue weighted by molar-refractivity contribution is 0.324. The van der Waals surface area contributed by atoms with Gasteiger partial charge in [0.05, 0.1) is 21.5 Å². The summed E-state index contributed by atoms with van der Waals surface area (Å²) in [5.74, 6) is 0. The molecule has 7 nitrogen and oxygen atoms in total. The van der Waals surface area contributed by atoms with Gasteiger partial charge in [0.15, 0.2) is 0 Å². The maximum atomic E-state index is 13.7. The molecule has 2 heterocycles. The number of hydrogen-bond acceptors (Lipinski definition) is 5. The third-order valence-electron chi connectivity index (χ3n) is 6.10. The summed E-state index contributed by atoms with van der Waals surface area (Å²) in [6.07, 6.45) is 9.32. The molecular weight excluding hydrogens is 529 g/mol. The second kappa shape index (κ2) is 9.22. The number of sulfonamides is 1. The second-order valence-corrected chi connectivity index (χ2v) is 12.9. The second-order valence-electron chi connectivity index (χ2n) is 8.34. The first-order chi connectivity index (χ1) is 16.7. The van der Waals surface area contributed by atoms with Gasteiger partial charge in [-0.15, -0.1) is 0 Å². The summed E-state index contributed by atoms with van der Waals surface area (Å²) in [4.78, 5) is 0.166. The zero-order chi connectivity index (χ0) is 24.8. The number of rotatable bonds is 5. The van der Waals surface area contributed by atoms with Gasteiger partial charge < -0.3 is 0 Å². The van der Waals surface area contributed by atoms with Crippen LogP contribution in [0.1, 0.15) is 24.1 Å². The highest BCUT2D eigenvalue weighted by Gasteiger charge is 2.39. The largest absolute Gasteiger partial charge is 0.282 e. The van der Waals surface area contributed by atoms with E-state index in [1.165, 1.54) is 59.0 Å². The summed E-state index contributed by atoms with van der Waals surface area (Å²) in [7, 11) is -7.87. The lowest BCUT2D eigenvalue weighted by Crippen LogP contribution is -2.45. The Labute approximate surface area is 214 Å². The first-order valence-corrected chi connectivity index (χ1v) is 14.5. The fourth-order valence-electron chi connectivity index (χ4n) is 4.28. The maximum Gasteiger partial charge on any atom is 0.282 e. The SMILES string of the molecule is O=S(=O)(c1ccc(Cl)cc1)N1Cc2cn(S(=O)(=O)c3ccc(Cl)cc3)nc2CC1C1=CCCC=C1. The summed E-state index contributed by atoms with van der Waals surface area (Å²) in [6, 6.07) is 11.3. The first-order valence-electron chi connectivity index (χ1n) is 10.9. The highest BCUT2D eigenvalue weighted by atomic mass is 35.5. The summed E-state index contributed by atoms with van der Waals surface area (Å²) < 4.78 is 56.1. The van der Waals surface area contributed by atoms with Gasteiger partial charge in [-0.2, -0.15) is 21.9 Å². The van der Waals surface area contributed by atoms with Gasteiger partial charge >= 0.3 is 0 Å². The Balaban J connectivity index is 1.57. The number of benzene rings is 2. The predicted octanol–water partition coefficient (Wildman–Crippen LogP) is 4.82. The molecule has 35 heavy (non-hydrogen) atoms. The molecule has 1 aromatic heterocycles. The summed E-state index contributed by atoms with van der Waals surface area (Å²) in [5.41, 5.74) is 1.96. The Hall–Kier alpha value is -2.43. The van der Waals surface area contributed by atoms with Crippen molar-refractivity contribution in [2.45, 2.75) is 41.6 Å². The van der Waals surface area contributed by atoms with Crippen LogP contribution in [0.2, 0.25) is 10.0 Å². The van der Waals surface area contributed by atoms with E-state index in [1.54, 1.807) is 0 Å². The minimum absolute atomic E-state index is 0.00766. The van der Waals surface area contributed by atoms with Crippen molar-refractivity contribution in [2.24, 2.45) is 0 Å². The number of halogens is 2. The minimum atomic E-state index is -3.97. The van der Waals surface area contributed by atoms with Crippen LogP contribution in [0.15, 0.2) is 88.3 Å². The van der Waals surface area contributed by atoms with Crippen LogP contribution in [0.4, 0.5) is 0 Å². The van der Waals surface area contributed by atoms with Crippen LogP contribution in [0.25, 0.3) is 0 Å². The van der Waals surface area contributed by atoms with Crippen molar-refractivity contribution in [1.82, 2.24) is 13.5 Å². The van der Waals surface area contributed by atoms with Crippen LogP contribution < -0.4 is 0 Å². The molecule has 0 amide bonds. The normalized spacial score (nSPS) is 18.8. The molecule has 0 saturated carbocycles. The first kappa shape index (κ1) is 24.3. The van der Waals surface area contributed by atoms with Gasteiger partial charge in [0.1, 0.15) is 0 Å². The minimum Gasteiger partial charge on any atom is -0.207 e. The molecular formula is C24H21Cl2N3O4S2. The van der Waals surface area contributed by atoms with E-state index in [-0.39, 0.29) is 22.8 Å². The molecule has 2 aliphatic rings. The zero-order valence-corrected chi connectivity index (χ0v) is 21.5. The quantitative estimate of drug-likeness (QED) is 0.455. The van der Waals surface area contributed by atoms with Crippen LogP contribution in [0, 0.1) is 0 Å². The van der Waals surface area contributed by atoms with Crippen molar-refractivity contribution in [3.05, 3.63) is 99.8 Å². The van der Waals surface area contributed by atoms with Crippen molar-refractivity contribution in [3.63, 3.8) is 0 Å². The molecule has 182 valence electrons. The Bertz CT molecular complexity index is 1540. The van der Waals surface area contributed by atoms with Crippen LogP contribution in [0.5, 0.6) is 0 Å². The van der Waals surface area contributed by atoms with Crippen molar-refractivity contribution in [2.75, 3.05) is 0 Å². The number of nitrogens with zero attached hydrogens (tertiary/aromatic N) is 3. The molecule has 0 radical (unpaired) electrons. The molecule has 11 heteroatoms. The van der Waals surface area contributed by atoms with E-state index in [0.717, 1.165) is 22.5 Å². The van der Waals surface area contributed by atoms with Gasteiger partial charge in [0.25, 0.3) is 10.0 Å². The van der Waals surface area contributed by atoms with Crippen LogP contribution in [-0.2, 0) is 33.0 Å². The van der Waals surface area contributed by atoms with Gasteiger partial charge in [-0.05, 0) is 66.9 Å². The van der Waals surface area contributed by atoms with Gasteiger partial charge in [-0.1, -0.05) is 41.4 Å². The Morgan fingerprint density at radius 2 is 1.43 bits per heavy atom. The summed E-state index contributed by atoms with van der Waals surface area (Å²) >= 11 is 11.9. The van der Waals surface area contributed by atoms with E-state index < -0.39 is 26.1 Å². The average molecular weight is 550 g/mol. The number of aromatic nitrogens is 2. The maximum absolute atomic E-state index is 13.7. The molecule has 0 spiro atoms. The molecule has 0 fully saturated rings. The fraction of sp³-hybridized carbons (Fsp3) is 0.208. The molecule has 0 bridgehead atoms. The number of hydrogen-bond donors (Lipinski definition) is 0. The fourth-order valence-corrected chi connectivity index (χ4v) is 7.30. The Morgan fingerprint density at radius 3 is 2.00 bits per heavy atom. The van der Waals surface area contributed by atoms with Crippen LogP contribution in [-0.4, -0.2) is 36.4 Å². The van der Waals surface area contributed by atoms with E-state index in [0.29, 0.717) is 21.3 Å². The van der Waals surface area contributed by atoms with E-state index in [2.05, 4.69) is 5.10 Å². The van der Waals surface area contributed by atoms with Gasteiger partial charge in [0, 0.05) is 34.8 Å². The Kier molecular flexibility index (Phi) is 6.39. The van der Waals surface area contributed by atoms with E-state index in [1.807, 2.05) is 18.2 Å². The van der Waals surface area contributed by atoms with Crippen molar-refractivity contribution < 1.29 is 16.8 Å². The van der Waals surface area contributed by atoms with E-state index >= 15 is 0 Å². The van der Waals surface area contributed by atoms with Gasteiger partial charge in [-0.3, -0.25) is 0 Å². The monoisotopic (exact) mass is 549 g/mol. The van der Waals surface area contributed by atoms with Crippen molar-refractivity contribution in [1.29, 1.82) is 0 Å². The molecule has 0 saturated heterocycles. The van der Waals surface area contributed by atoms with E-state index in [4.69, 9.17) is 23.2 Å². The molecule has 1 aliphatic heterocycles. The zero-order valence-electron chi connectivity index (χ0n) is 18.4. The molecule has 1 atom stereocenters. The molecule has 2 aromatic carbocycles. The number of fused-ring (bicyclic) bond motifs is 1. The highest BCUT2D eigenvalue weighted by molar-refractivity contribution is 7.90. The van der Waals surface area contributed by atoms with Crippen molar-refractivity contribution in [3.8, 4) is 0 Å². The lowest BCUT2D eigenvalue weighted by atomic mass is 9.93. The highest BCUT2D eigenvalue weighted by Crippen LogP contribution is 2.34. The number of allylic oxidation sites excluding steroid dienone is 2. The molecule has 0 N–H and O–H groups in total. The molecule has 3 aromatic rings. The lowest BCUT2D eigenvalue weighted by Gasteiger charge is -2.35. The smallest absolute Gasteiger partial charge is 0.207 e. The standard InChI is InChI=1S/C24H21Cl2N3O4S2/c25-19-6-10-21(11-7-19)34(30,31)28-15-18-16-29(35(32,33)22-12-8-20(26)9-13-22)27-23(18)14-24(28)17-4-2-1-3-5-17/h2,4-13,16,24H,1,3,14-15H2. The average Bonchev–Trinajstić information content (AvgIpc) is 3.29. The third-order valence-corrected chi connectivity index (χ3v) is 10.0. The summed E-state index contributed by atoms with van der Waals surface area (Å²) in [5, 5.41) is 5.23. The molecule has 1 unspecified atom stereocenters. The predicted molar refractivity (Wildman–Crippen MR) is 134 cm³/mol. The van der Waals surface area contributed by atoms with Gasteiger partial charge in [0.2, 0.25) is 10.0 Å². The Morgan fingerprint density at radius 1 is 0.829 bits per heavy atom. The topological polar surface area (TPSA) is 89.3 Å².